The van der Waals surface area contributed by atoms with Gasteiger partial charge >= 0.3 is 0 Å². The van der Waals surface area contributed by atoms with Crippen molar-refractivity contribution in [2.24, 2.45) is 12.0 Å². The van der Waals surface area contributed by atoms with Crippen molar-refractivity contribution in [1.82, 2.24) is 15.1 Å². The van der Waals surface area contributed by atoms with Crippen molar-refractivity contribution in [3.8, 4) is 11.5 Å². The van der Waals surface area contributed by atoms with E-state index < -0.39 is 0 Å². The molecule has 2 N–H and O–H groups in total. The first kappa shape index (κ1) is 22.1. The molecule has 1 aromatic heterocycles. The van der Waals surface area contributed by atoms with Crippen LogP contribution in [0.25, 0.3) is 0 Å². The second-order valence-corrected chi connectivity index (χ2v) is 5.46. The molecule has 0 aliphatic rings. The molecule has 0 fully saturated rings. The number of nitrogens with one attached hydrogen (secondary N) is 2. The Hall–Kier alpha value is -1.97. The predicted octanol–water partition coefficient (Wildman–Crippen LogP) is 3.07. The van der Waals surface area contributed by atoms with Crippen LogP contribution in [0.4, 0.5) is 5.69 Å². The molecule has 2 aromatic rings. The highest BCUT2D eigenvalue weighted by Crippen LogP contribution is 2.30. The number of aryl methyl sites for hydroxylation is 1. The minimum atomic E-state index is 0. The molecule has 1 aromatic carbocycles. The van der Waals surface area contributed by atoms with E-state index in [1.807, 2.05) is 51.5 Å². The Labute approximate surface area is 172 Å². The van der Waals surface area contributed by atoms with Crippen molar-refractivity contribution in [1.29, 1.82) is 0 Å². The fourth-order valence-electron chi connectivity index (χ4n) is 2.36. The van der Waals surface area contributed by atoms with Crippen LogP contribution in [0.5, 0.6) is 11.5 Å². The summed E-state index contributed by atoms with van der Waals surface area (Å²) >= 11 is 0. The maximum absolute atomic E-state index is 5.62. The van der Waals surface area contributed by atoms with Crippen LogP contribution in [-0.2, 0) is 13.5 Å². The molecular formula is C18H28IN5O2. The number of benzene rings is 1. The van der Waals surface area contributed by atoms with E-state index in [0.29, 0.717) is 24.7 Å². The first-order valence-electron chi connectivity index (χ1n) is 8.50. The third-order valence-corrected chi connectivity index (χ3v) is 3.50. The summed E-state index contributed by atoms with van der Waals surface area (Å²) in [6.45, 7) is 6.03. The van der Waals surface area contributed by atoms with Crippen LogP contribution in [0, 0.1) is 0 Å². The lowest BCUT2D eigenvalue weighted by Gasteiger charge is -2.14. The molecule has 0 saturated heterocycles. The molecule has 8 heteroatoms. The zero-order valence-corrected chi connectivity index (χ0v) is 18.1. The summed E-state index contributed by atoms with van der Waals surface area (Å²) in [5.41, 5.74) is 2.07. The lowest BCUT2D eigenvalue weighted by atomic mass is 10.2. The van der Waals surface area contributed by atoms with Crippen LogP contribution < -0.4 is 20.1 Å². The van der Waals surface area contributed by atoms with E-state index in [0.717, 1.165) is 24.6 Å². The van der Waals surface area contributed by atoms with Gasteiger partial charge in [0.15, 0.2) is 17.5 Å². The smallest absolute Gasteiger partial charge is 0.195 e. The standard InChI is InChI=1S/C18H27N5O2.HI/c1-5-19-18(20-10-9-14-12-21-23(3)13-14)22-15-7-8-16(24-4)17(11-15)25-6-2;/h7-8,11-13H,5-6,9-10H2,1-4H3,(H2,19,20,22);1H. The molecule has 0 bridgehead atoms. The topological polar surface area (TPSA) is 72.7 Å². The van der Waals surface area contributed by atoms with Crippen LogP contribution in [0.1, 0.15) is 19.4 Å². The average Bonchev–Trinajstić information content (AvgIpc) is 3.01. The molecule has 0 spiro atoms. The zero-order chi connectivity index (χ0) is 18.1. The number of guanidine groups is 1. The minimum absolute atomic E-state index is 0. The number of hydrogen-bond acceptors (Lipinski definition) is 4. The average molecular weight is 473 g/mol. The van der Waals surface area contributed by atoms with Gasteiger partial charge in [0, 0.05) is 38.1 Å². The molecule has 1 heterocycles. The van der Waals surface area contributed by atoms with Crippen molar-refractivity contribution in [3.05, 3.63) is 36.2 Å². The lowest BCUT2D eigenvalue weighted by molar-refractivity contribution is 0.311. The third-order valence-electron chi connectivity index (χ3n) is 3.50. The lowest BCUT2D eigenvalue weighted by Crippen LogP contribution is -2.30. The van der Waals surface area contributed by atoms with Gasteiger partial charge in [-0.15, -0.1) is 24.0 Å². The van der Waals surface area contributed by atoms with Gasteiger partial charge in [-0.25, -0.2) is 0 Å². The van der Waals surface area contributed by atoms with E-state index >= 15 is 0 Å². The molecule has 0 amide bonds. The van der Waals surface area contributed by atoms with Gasteiger partial charge in [0.1, 0.15) is 0 Å². The van der Waals surface area contributed by atoms with Gasteiger partial charge in [-0.3, -0.25) is 9.67 Å². The van der Waals surface area contributed by atoms with Crippen molar-refractivity contribution in [2.45, 2.75) is 20.3 Å². The van der Waals surface area contributed by atoms with Crippen molar-refractivity contribution < 1.29 is 9.47 Å². The van der Waals surface area contributed by atoms with Crippen LogP contribution in [0.2, 0.25) is 0 Å². The second kappa shape index (κ2) is 11.6. The van der Waals surface area contributed by atoms with Gasteiger partial charge in [0.05, 0.1) is 19.9 Å². The summed E-state index contributed by atoms with van der Waals surface area (Å²) in [6.07, 6.45) is 4.72. The quantitative estimate of drug-likeness (QED) is 0.351. The Bertz CT molecular complexity index is 703. The summed E-state index contributed by atoms with van der Waals surface area (Å²) < 4.78 is 12.7. The SMILES string of the molecule is CCNC(=NCCc1cnn(C)c1)Nc1ccc(OC)c(OCC)c1.I. The fourth-order valence-corrected chi connectivity index (χ4v) is 2.36. The molecule has 2 rings (SSSR count). The van der Waals surface area contributed by atoms with Crippen molar-refractivity contribution in [3.63, 3.8) is 0 Å². The predicted molar refractivity (Wildman–Crippen MR) is 116 cm³/mol. The van der Waals surface area contributed by atoms with E-state index in [-0.39, 0.29) is 24.0 Å². The number of rotatable bonds is 8. The van der Waals surface area contributed by atoms with E-state index in [9.17, 15) is 0 Å². The molecular weight excluding hydrogens is 445 g/mol. The number of halogens is 1. The van der Waals surface area contributed by atoms with Crippen molar-refractivity contribution >= 4 is 35.6 Å². The monoisotopic (exact) mass is 473 g/mol. The van der Waals surface area contributed by atoms with E-state index in [4.69, 9.17) is 9.47 Å². The molecule has 7 nitrogen and oxygen atoms in total. The number of aromatic nitrogens is 2. The maximum Gasteiger partial charge on any atom is 0.195 e. The Kier molecular flexibility index (Phi) is 9.85. The Morgan fingerprint density at radius 3 is 2.69 bits per heavy atom. The summed E-state index contributed by atoms with van der Waals surface area (Å²) in [7, 11) is 3.55. The number of hydrogen-bond donors (Lipinski definition) is 2. The van der Waals surface area contributed by atoms with Crippen LogP contribution in [0.15, 0.2) is 35.6 Å². The van der Waals surface area contributed by atoms with Crippen LogP contribution >= 0.6 is 24.0 Å². The molecule has 26 heavy (non-hydrogen) atoms. The van der Waals surface area contributed by atoms with Gasteiger partial charge in [-0.05, 0) is 38.0 Å². The normalized spacial score (nSPS) is 10.8. The number of nitrogens with zero attached hydrogens (tertiary/aromatic N) is 3. The number of aliphatic imine (C=N–C) groups is 1. The first-order chi connectivity index (χ1) is 12.2. The van der Waals surface area contributed by atoms with Gasteiger partial charge in [0.2, 0.25) is 0 Å². The highest BCUT2D eigenvalue weighted by Gasteiger charge is 2.07. The molecule has 0 unspecified atom stereocenters. The van der Waals surface area contributed by atoms with E-state index in [1.165, 1.54) is 5.56 Å². The van der Waals surface area contributed by atoms with Crippen LogP contribution in [0.3, 0.4) is 0 Å². The summed E-state index contributed by atoms with van der Waals surface area (Å²) in [4.78, 5) is 4.62. The zero-order valence-electron chi connectivity index (χ0n) is 15.8. The fraction of sp³-hybridized carbons (Fsp3) is 0.444. The molecule has 0 radical (unpaired) electrons. The van der Waals surface area contributed by atoms with Gasteiger partial charge in [0.25, 0.3) is 0 Å². The van der Waals surface area contributed by atoms with Crippen LogP contribution in [-0.4, -0.2) is 42.5 Å². The second-order valence-electron chi connectivity index (χ2n) is 5.46. The van der Waals surface area contributed by atoms with Gasteiger partial charge < -0.3 is 20.1 Å². The Morgan fingerprint density at radius 2 is 2.08 bits per heavy atom. The molecule has 0 aliphatic heterocycles. The Balaban J connectivity index is 0.00000338. The molecule has 144 valence electrons. The third kappa shape index (κ3) is 6.74. The molecule has 0 aliphatic carbocycles. The minimum Gasteiger partial charge on any atom is -0.493 e. The number of methoxy groups -OCH3 is 1. The largest absolute Gasteiger partial charge is 0.493 e. The van der Waals surface area contributed by atoms with Crippen molar-refractivity contribution in [2.75, 3.05) is 32.1 Å². The number of anilines is 1. The van der Waals surface area contributed by atoms with E-state index in [1.54, 1.807) is 11.8 Å². The highest BCUT2D eigenvalue weighted by molar-refractivity contribution is 14.0. The van der Waals surface area contributed by atoms with Gasteiger partial charge in [-0.1, -0.05) is 0 Å². The molecule has 0 atom stereocenters. The van der Waals surface area contributed by atoms with E-state index in [2.05, 4.69) is 20.7 Å². The Morgan fingerprint density at radius 1 is 1.27 bits per heavy atom. The first-order valence-corrected chi connectivity index (χ1v) is 8.50. The molecule has 0 saturated carbocycles. The summed E-state index contributed by atoms with van der Waals surface area (Å²) in [5, 5.41) is 10.7. The van der Waals surface area contributed by atoms with Gasteiger partial charge in [-0.2, -0.15) is 5.10 Å². The maximum atomic E-state index is 5.62. The summed E-state index contributed by atoms with van der Waals surface area (Å²) in [5.74, 6) is 2.16. The summed E-state index contributed by atoms with van der Waals surface area (Å²) in [6, 6.07) is 5.73. The highest BCUT2D eigenvalue weighted by atomic mass is 127. The number of ether oxygens (including phenoxy) is 2.